The number of aromatic nitrogens is 3. The molecule has 172 valence electrons. The second-order valence-electron chi connectivity index (χ2n) is 7.17. The lowest BCUT2D eigenvalue weighted by Crippen LogP contribution is -2.11. The number of pyridine rings is 1. The summed E-state index contributed by atoms with van der Waals surface area (Å²) in [5, 5.41) is 5.94. The molecule has 4 aromatic rings. The Kier molecular flexibility index (Phi) is 6.30. The van der Waals surface area contributed by atoms with Crippen LogP contribution in [0.2, 0.25) is 5.02 Å². The van der Waals surface area contributed by atoms with Crippen molar-refractivity contribution in [1.29, 1.82) is 0 Å². The van der Waals surface area contributed by atoms with Gasteiger partial charge in [0.25, 0.3) is 0 Å². The smallest absolute Gasteiger partial charge is 0.354 e. The molecule has 0 aliphatic rings. The number of halogens is 4. The number of hydrogen-bond acceptors (Lipinski definition) is 7. The fraction of sp³-hybridized carbons (Fsp3) is 0.190. The molecule has 0 radical (unpaired) electrons. The van der Waals surface area contributed by atoms with Crippen LogP contribution in [0.15, 0.2) is 62.9 Å². The Labute approximate surface area is 196 Å². The van der Waals surface area contributed by atoms with Crippen LogP contribution in [0.4, 0.5) is 18.3 Å². The normalized spacial score (nSPS) is 14.6. The van der Waals surface area contributed by atoms with E-state index in [1.54, 1.807) is 30.5 Å². The van der Waals surface area contributed by atoms with Crippen LogP contribution in [-0.2, 0) is 15.9 Å². The highest BCUT2D eigenvalue weighted by Gasteiger charge is 2.32. The van der Waals surface area contributed by atoms with Crippen LogP contribution in [-0.4, -0.2) is 25.6 Å². The van der Waals surface area contributed by atoms with Gasteiger partial charge in [-0.05, 0) is 30.7 Å². The summed E-state index contributed by atoms with van der Waals surface area (Å²) < 4.78 is 61.1. The zero-order valence-electron chi connectivity index (χ0n) is 17.2. The minimum atomic E-state index is -4.54. The SMILES string of the molecule is CC(c1ccc(C(F)(F)F)nc1)S(C)(=O)=Nc1nc(-c2cc(-c3ccc(Cl)cc3)no2)cs1. The highest BCUT2D eigenvalue weighted by molar-refractivity contribution is 7.93. The van der Waals surface area contributed by atoms with Crippen LogP contribution >= 0.6 is 22.9 Å². The maximum atomic E-state index is 13.2. The van der Waals surface area contributed by atoms with Gasteiger partial charge in [-0.15, -0.1) is 11.3 Å². The van der Waals surface area contributed by atoms with Crippen LogP contribution in [0.1, 0.15) is 23.4 Å². The summed E-state index contributed by atoms with van der Waals surface area (Å²) in [4.78, 5) is 7.80. The van der Waals surface area contributed by atoms with Crippen molar-refractivity contribution in [2.45, 2.75) is 18.3 Å². The Balaban J connectivity index is 1.56. The van der Waals surface area contributed by atoms with Gasteiger partial charge in [0.15, 0.2) is 5.76 Å². The quantitative estimate of drug-likeness (QED) is 0.287. The lowest BCUT2D eigenvalue weighted by Gasteiger charge is -2.14. The Morgan fingerprint density at radius 3 is 2.52 bits per heavy atom. The number of nitrogens with zero attached hydrogens (tertiary/aromatic N) is 4. The van der Waals surface area contributed by atoms with Crippen molar-refractivity contribution < 1.29 is 21.9 Å². The number of rotatable bonds is 5. The lowest BCUT2D eigenvalue weighted by atomic mass is 10.1. The van der Waals surface area contributed by atoms with Gasteiger partial charge in [-0.2, -0.15) is 17.5 Å². The Morgan fingerprint density at radius 1 is 1.15 bits per heavy atom. The predicted octanol–water partition coefficient (Wildman–Crippen LogP) is 7.02. The van der Waals surface area contributed by atoms with Crippen LogP contribution in [0.25, 0.3) is 22.7 Å². The van der Waals surface area contributed by atoms with Gasteiger partial charge in [-0.3, -0.25) is 4.98 Å². The van der Waals surface area contributed by atoms with Crippen LogP contribution < -0.4 is 0 Å². The average molecular weight is 513 g/mol. The summed E-state index contributed by atoms with van der Waals surface area (Å²) in [6.45, 7) is 1.62. The van der Waals surface area contributed by atoms with E-state index in [1.165, 1.54) is 23.7 Å². The summed E-state index contributed by atoms with van der Waals surface area (Å²) in [5.74, 6) is 0.417. The van der Waals surface area contributed by atoms with Crippen LogP contribution in [0.5, 0.6) is 0 Å². The minimum absolute atomic E-state index is 0.258. The maximum Gasteiger partial charge on any atom is 0.433 e. The molecule has 3 heterocycles. The standard InChI is InChI=1S/C21H16ClF3N4O2S2/c1-12(14-5-8-19(26-10-14)21(23,24)25)33(2,30)29-20-27-17(11-32-20)18-9-16(28-31-18)13-3-6-15(22)7-4-13/h3-12H,1-2H3. The van der Waals surface area contributed by atoms with Gasteiger partial charge < -0.3 is 4.52 Å². The molecular formula is C21H16ClF3N4O2S2. The number of hydrogen-bond donors (Lipinski definition) is 0. The summed E-state index contributed by atoms with van der Waals surface area (Å²) in [6.07, 6.45) is -2.03. The second kappa shape index (κ2) is 8.88. The molecule has 0 bridgehead atoms. The first kappa shape index (κ1) is 23.4. The van der Waals surface area contributed by atoms with Gasteiger partial charge in [-0.25, -0.2) is 9.19 Å². The third-order valence-electron chi connectivity index (χ3n) is 4.86. The molecule has 0 saturated heterocycles. The fourth-order valence-corrected chi connectivity index (χ4v) is 5.30. The Bertz CT molecular complexity index is 1390. The zero-order valence-corrected chi connectivity index (χ0v) is 19.6. The molecule has 0 saturated carbocycles. The summed E-state index contributed by atoms with van der Waals surface area (Å²) in [5.41, 5.74) is 1.29. The third-order valence-corrected chi connectivity index (χ3v) is 8.08. The van der Waals surface area contributed by atoms with Crippen molar-refractivity contribution in [2.24, 2.45) is 4.36 Å². The predicted molar refractivity (Wildman–Crippen MR) is 122 cm³/mol. The molecule has 0 N–H and O–H groups in total. The molecule has 12 heteroatoms. The van der Waals surface area contributed by atoms with Gasteiger partial charge >= 0.3 is 6.18 Å². The summed E-state index contributed by atoms with van der Waals surface area (Å²) >= 11 is 7.08. The highest BCUT2D eigenvalue weighted by atomic mass is 35.5. The first-order valence-corrected chi connectivity index (χ1v) is 12.7. The number of alkyl halides is 3. The van der Waals surface area contributed by atoms with Crippen molar-refractivity contribution in [3.8, 4) is 22.7 Å². The van der Waals surface area contributed by atoms with E-state index in [0.29, 0.717) is 27.7 Å². The van der Waals surface area contributed by atoms with Crippen molar-refractivity contribution in [3.05, 3.63) is 70.3 Å². The number of benzene rings is 1. The van der Waals surface area contributed by atoms with Gasteiger partial charge in [0.1, 0.15) is 17.1 Å². The van der Waals surface area contributed by atoms with E-state index < -0.39 is 26.8 Å². The molecule has 1 aromatic carbocycles. The monoisotopic (exact) mass is 512 g/mol. The van der Waals surface area contributed by atoms with E-state index in [4.69, 9.17) is 16.1 Å². The molecule has 0 spiro atoms. The first-order valence-electron chi connectivity index (χ1n) is 9.45. The first-order chi connectivity index (χ1) is 15.5. The molecule has 0 aliphatic carbocycles. The highest BCUT2D eigenvalue weighted by Crippen LogP contribution is 2.33. The maximum absolute atomic E-state index is 13.2. The topological polar surface area (TPSA) is 81.2 Å². The van der Waals surface area contributed by atoms with Crippen LogP contribution in [0.3, 0.4) is 0 Å². The molecule has 33 heavy (non-hydrogen) atoms. The van der Waals surface area contributed by atoms with E-state index in [2.05, 4.69) is 19.5 Å². The molecule has 0 amide bonds. The lowest BCUT2D eigenvalue weighted by molar-refractivity contribution is -0.141. The van der Waals surface area contributed by atoms with E-state index in [-0.39, 0.29) is 5.13 Å². The van der Waals surface area contributed by atoms with E-state index in [9.17, 15) is 17.4 Å². The molecular weight excluding hydrogens is 497 g/mol. The van der Waals surface area contributed by atoms with Crippen LogP contribution in [0, 0.1) is 0 Å². The molecule has 2 atom stereocenters. The molecule has 0 aliphatic heterocycles. The molecule has 0 fully saturated rings. The zero-order chi connectivity index (χ0) is 23.8. The summed E-state index contributed by atoms with van der Waals surface area (Å²) in [6, 6.07) is 11.0. The van der Waals surface area contributed by atoms with Gasteiger partial charge in [0.05, 0.1) is 15.0 Å². The van der Waals surface area contributed by atoms with Crippen molar-refractivity contribution in [1.82, 2.24) is 15.1 Å². The van der Waals surface area contributed by atoms with Crippen molar-refractivity contribution in [2.75, 3.05) is 6.26 Å². The third kappa shape index (κ3) is 5.26. The Hall–Kier alpha value is -2.76. The van der Waals surface area contributed by atoms with E-state index in [0.717, 1.165) is 17.8 Å². The molecule has 4 rings (SSSR count). The van der Waals surface area contributed by atoms with Crippen molar-refractivity contribution >= 4 is 37.8 Å². The minimum Gasteiger partial charge on any atom is -0.354 e. The van der Waals surface area contributed by atoms with Gasteiger partial charge in [-0.1, -0.05) is 35.0 Å². The van der Waals surface area contributed by atoms with E-state index in [1.807, 2.05) is 12.1 Å². The van der Waals surface area contributed by atoms with Crippen molar-refractivity contribution in [3.63, 3.8) is 0 Å². The molecule has 6 nitrogen and oxygen atoms in total. The second-order valence-corrected chi connectivity index (χ2v) is 11.1. The molecule has 2 unspecified atom stereocenters. The average Bonchev–Trinajstić information content (AvgIpc) is 3.42. The van der Waals surface area contributed by atoms with E-state index >= 15 is 0 Å². The summed E-state index contributed by atoms with van der Waals surface area (Å²) in [7, 11) is -2.88. The number of thiazole rings is 1. The fourth-order valence-electron chi connectivity index (χ4n) is 2.87. The molecule has 3 aromatic heterocycles. The Morgan fingerprint density at radius 2 is 1.88 bits per heavy atom. The largest absolute Gasteiger partial charge is 0.433 e. The van der Waals surface area contributed by atoms with Gasteiger partial charge in [0.2, 0.25) is 5.13 Å². The van der Waals surface area contributed by atoms with Gasteiger partial charge in [0, 0.05) is 34.5 Å².